The van der Waals surface area contributed by atoms with Gasteiger partial charge in [0.05, 0.1) is 7.11 Å². The summed E-state index contributed by atoms with van der Waals surface area (Å²) in [7, 11) is 2.93. The topological polar surface area (TPSA) is 114 Å². The van der Waals surface area contributed by atoms with E-state index in [1.54, 1.807) is 0 Å². The van der Waals surface area contributed by atoms with Crippen LogP contribution < -0.4 is 20.1 Å². The highest BCUT2D eigenvalue weighted by Gasteiger charge is 2.12. The number of methoxy groups -OCH3 is 1. The maximum atomic E-state index is 12.0. The second kappa shape index (κ2) is 9.29. The van der Waals surface area contributed by atoms with Crippen LogP contribution in [0.25, 0.3) is 0 Å². The molecule has 0 saturated heterocycles. The summed E-state index contributed by atoms with van der Waals surface area (Å²) in [5.74, 6) is -0.858. The van der Waals surface area contributed by atoms with Gasteiger partial charge in [0.1, 0.15) is 0 Å². The predicted octanol–water partition coefficient (Wildman–Crippen LogP) is 0.415. The van der Waals surface area contributed by atoms with Crippen molar-refractivity contribution in [3.05, 3.63) is 23.8 Å². The molecule has 0 aliphatic heterocycles. The van der Waals surface area contributed by atoms with E-state index in [2.05, 4.69) is 10.6 Å². The Labute approximate surface area is 133 Å². The van der Waals surface area contributed by atoms with Gasteiger partial charge in [-0.15, -0.1) is 0 Å². The molecule has 0 saturated carbocycles. The highest BCUT2D eigenvalue weighted by atomic mass is 16.5. The molecular formula is C15H20N2O6. The van der Waals surface area contributed by atoms with Crippen LogP contribution in [0.15, 0.2) is 18.2 Å². The van der Waals surface area contributed by atoms with Crippen molar-refractivity contribution in [2.75, 3.05) is 27.3 Å². The third-order valence-corrected chi connectivity index (χ3v) is 2.92. The smallest absolute Gasteiger partial charge is 0.303 e. The molecule has 23 heavy (non-hydrogen) atoms. The van der Waals surface area contributed by atoms with Gasteiger partial charge in [0.2, 0.25) is 0 Å². The zero-order valence-electron chi connectivity index (χ0n) is 13.0. The fraction of sp³-hybridized carbons (Fsp3) is 0.400. The molecule has 126 valence electrons. The van der Waals surface area contributed by atoms with Crippen LogP contribution in [0.1, 0.15) is 23.2 Å². The van der Waals surface area contributed by atoms with Gasteiger partial charge in [-0.3, -0.25) is 14.4 Å². The van der Waals surface area contributed by atoms with Crippen LogP contribution in [0.2, 0.25) is 0 Å². The van der Waals surface area contributed by atoms with Gasteiger partial charge in [-0.05, 0) is 24.6 Å². The van der Waals surface area contributed by atoms with Crippen molar-refractivity contribution in [1.29, 1.82) is 0 Å². The van der Waals surface area contributed by atoms with Gasteiger partial charge in [-0.1, -0.05) is 0 Å². The fourth-order valence-corrected chi connectivity index (χ4v) is 1.69. The minimum Gasteiger partial charge on any atom is -0.493 e. The summed E-state index contributed by atoms with van der Waals surface area (Å²) in [4.78, 5) is 33.5. The number of ether oxygens (including phenoxy) is 2. The van der Waals surface area contributed by atoms with Crippen LogP contribution in [0, 0.1) is 0 Å². The minimum atomic E-state index is -0.904. The Hall–Kier alpha value is -2.77. The van der Waals surface area contributed by atoms with Crippen LogP contribution in [-0.4, -0.2) is 50.2 Å². The number of hydrogen-bond donors (Lipinski definition) is 3. The summed E-state index contributed by atoms with van der Waals surface area (Å²) >= 11 is 0. The minimum absolute atomic E-state index is 0.00410. The molecule has 8 heteroatoms. The van der Waals surface area contributed by atoms with E-state index in [0.29, 0.717) is 23.5 Å². The molecule has 0 heterocycles. The van der Waals surface area contributed by atoms with Crippen molar-refractivity contribution in [3.63, 3.8) is 0 Å². The highest BCUT2D eigenvalue weighted by Crippen LogP contribution is 2.28. The maximum absolute atomic E-state index is 12.0. The van der Waals surface area contributed by atoms with Crippen molar-refractivity contribution >= 4 is 17.8 Å². The number of nitrogens with one attached hydrogen (secondary N) is 2. The first-order valence-corrected chi connectivity index (χ1v) is 6.99. The van der Waals surface area contributed by atoms with Crippen molar-refractivity contribution in [2.24, 2.45) is 0 Å². The summed E-state index contributed by atoms with van der Waals surface area (Å²) in [6, 6.07) is 4.56. The Bertz CT molecular complexity index is 573. The molecule has 2 amide bonds. The SMILES string of the molecule is CNC(=O)COc1ccc(C(=O)NCCCC(=O)O)cc1OC. The van der Waals surface area contributed by atoms with E-state index in [1.165, 1.54) is 32.4 Å². The molecule has 1 aromatic carbocycles. The lowest BCUT2D eigenvalue weighted by atomic mass is 10.2. The standard InChI is InChI=1S/C15H20N2O6/c1-16-13(18)9-23-11-6-5-10(8-12(11)22-2)15(21)17-7-3-4-14(19)20/h5-6,8H,3-4,7,9H2,1-2H3,(H,16,18)(H,17,21)(H,19,20). The Morgan fingerprint density at radius 3 is 2.57 bits per heavy atom. The summed E-state index contributed by atoms with van der Waals surface area (Å²) in [5.41, 5.74) is 0.351. The van der Waals surface area contributed by atoms with Crippen LogP contribution in [0.3, 0.4) is 0 Å². The maximum Gasteiger partial charge on any atom is 0.303 e. The lowest BCUT2D eigenvalue weighted by molar-refractivity contribution is -0.137. The first kappa shape index (κ1) is 18.3. The lowest BCUT2D eigenvalue weighted by Gasteiger charge is -2.12. The molecule has 0 spiro atoms. The molecule has 0 radical (unpaired) electrons. The number of likely N-dealkylation sites (N-methyl/N-ethyl adjacent to an activating group) is 1. The Morgan fingerprint density at radius 1 is 1.22 bits per heavy atom. The molecule has 0 bridgehead atoms. The number of benzene rings is 1. The molecule has 0 unspecified atom stereocenters. The summed E-state index contributed by atoms with van der Waals surface area (Å²) in [6.45, 7) is 0.107. The van der Waals surface area contributed by atoms with Gasteiger partial charge >= 0.3 is 5.97 Å². The van der Waals surface area contributed by atoms with Gasteiger partial charge in [-0.25, -0.2) is 0 Å². The molecule has 1 aromatic rings. The molecule has 1 rings (SSSR count). The Kier molecular flexibility index (Phi) is 7.38. The normalized spacial score (nSPS) is 9.83. The third kappa shape index (κ3) is 6.25. The molecule has 0 atom stereocenters. The van der Waals surface area contributed by atoms with Gasteiger partial charge in [0.25, 0.3) is 11.8 Å². The van der Waals surface area contributed by atoms with E-state index in [0.717, 1.165) is 0 Å². The van der Waals surface area contributed by atoms with E-state index in [9.17, 15) is 14.4 Å². The molecular weight excluding hydrogens is 304 g/mol. The Morgan fingerprint density at radius 2 is 1.96 bits per heavy atom. The number of carboxylic acids is 1. The second-order valence-corrected chi connectivity index (χ2v) is 4.58. The zero-order valence-corrected chi connectivity index (χ0v) is 13.0. The van der Waals surface area contributed by atoms with Crippen LogP contribution in [-0.2, 0) is 9.59 Å². The van der Waals surface area contributed by atoms with Crippen molar-refractivity contribution in [3.8, 4) is 11.5 Å². The van der Waals surface area contributed by atoms with Crippen molar-refractivity contribution < 1.29 is 29.0 Å². The average molecular weight is 324 g/mol. The van der Waals surface area contributed by atoms with E-state index in [-0.39, 0.29) is 31.4 Å². The van der Waals surface area contributed by atoms with Gasteiger partial charge in [0, 0.05) is 25.6 Å². The van der Waals surface area contributed by atoms with Gasteiger partial charge in [-0.2, -0.15) is 0 Å². The third-order valence-electron chi connectivity index (χ3n) is 2.92. The number of carbonyl (C=O) groups is 3. The summed E-state index contributed by atoms with van der Waals surface area (Å²) < 4.78 is 10.5. The average Bonchev–Trinajstić information content (AvgIpc) is 2.55. The largest absolute Gasteiger partial charge is 0.493 e. The molecule has 0 aliphatic carbocycles. The van der Waals surface area contributed by atoms with E-state index < -0.39 is 5.97 Å². The van der Waals surface area contributed by atoms with Crippen molar-refractivity contribution in [1.82, 2.24) is 10.6 Å². The molecule has 0 aliphatic rings. The molecule has 0 aromatic heterocycles. The van der Waals surface area contributed by atoms with Crippen molar-refractivity contribution in [2.45, 2.75) is 12.8 Å². The summed E-state index contributed by atoms with van der Waals surface area (Å²) in [5, 5.41) is 13.6. The van der Waals surface area contributed by atoms with Crippen LogP contribution in [0.4, 0.5) is 0 Å². The first-order valence-electron chi connectivity index (χ1n) is 6.99. The first-order chi connectivity index (χ1) is 11.0. The number of carboxylic acid groups (broad SMARTS) is 1. The number of rotatable bonds is 9. The fourth-order valence-electron chi connectivity index (χ4n) is 1.69. The Balaban J connectivity index is 2.64. The molecule has 3 N–H and O–H groups in total. The quantitative estimate of drug-likeness (QED) is 0.567. The molecule has 0 fully saturated rings. The van der Waals surface area contributed by atoms with Crippen LogP contribution >= 0.6 is 0 Å². The summed E-state index contributed by atoms with van der Waals surface area (Å²) in [6.07, 6.45) is 0.349. The van der Waals surface area contributed by atoms with E-state index in [4.69, 9.17) is 14.6 Å². The number of amides is 2. The number of carbonyl (C=O) groups excluding carboxylic acids is 2. The number of hydrogen-bond acceptors (Lipinski definition) is 5. The predicted molar refractivity (Wildman–Crippen MR) is 81.8 cm³/mol. The van der Waals surface area contributed by atoms with Crippen LogP contribution in [0.5, 0.6) is 11.5 Å². The lowest BCUT2D eigenvalue weighted by Crippen LogP contribution is -2.25. The van der Waals surface area contributed by atoms with E-state index in [1.807, 2.05) is 0 Å². The molecule has 8 nitrogen and oxygen atoms in total. The highest BCUT2D eigenvalue weighted by molar-refractivity contribution is 5.94. The van der Waals surface area contributed by atoms with Gasteiger partial charge < -0.3 is 25.2 Å². The van der Waals surface area contributed by atoms with E-state index >= 15 is 0 Å². The zero-order chi connectivity index (χ0) is 17.2. The number of aliphatic carboxylic acids is 1. The second-order valence-electron chi connectivity index (χ2n) is 4.58. The monoisotopic (exact) mass is 324 g/mol. The van der Waals surface area contributed by atoms with Gasteiger partial charge in [0.15, 0.2) is 18.1 Å².